The Balaban J connectivity index is 4.34. The lowest BCUT2D eigenvalue weighted by Crippen LogP contribution is -2.32. The smallest absolute Gasteiger partial charge is 0.155 e. The van der Waals surface area contributed by atoms with Gasteiger partial charge in [0.1, 0.15) is 0 Å². The van der Waals surface area contributed by atoms with E-state index in [4.69, 9.17) is 28.9 Å². The van der Waals surface area contributed by atoms with Gasteiger partial charge in [-0.3, -0.25) is 0 Å². The summed E-state index contributed by atoms with van der Waals surface area (Å²) in [5.41, 5.74) is 5.40. The largest absolute Gasteiger partial charge is 0.329 e. The first-order valence-electron chi connectivity index (χ1n) is 5.53. The van der Waals surface area contributed by atoms with Crippen molar-refractivity contribution in [3.8, 4) is 0 Å². The highest BCUT2D eigenvalue weighted by atomic mass is 35.5. The highest BCUT2D eigenvalue weighted by molar-refractivity contribution is 7.92. The summed E-state index contributed by atoms with van der Waals surface area (Å²) >= 11 is 10.8. The van der Waals surface area contributed by atoms with Crippen LogP contribution in [0.25, 0.3) is 0 Å². The molecule has 5 nitrogen and oxygen atoms in total. The monoisotopic (exact) mass is 339 g/mol. The molecule has 0 aliphatic rings. The second-order valence-electron chi connectivity index (χ2n) is 3.90. The van der Waals surface area contributed by atoms with Crippen LogP contribution in [0.5, 0.6) is 0 Å². The van der Waals surface area contributed by atoms with Crippen LogP contribution in [0.1, 0.15) is 12.8 Å². The van der Waals surface area contributed by atoms with Gasteiger partial charge in [-0.25, -0.2) is 16.8 Å². The van der Waals surface area contributed by atoms with Crippen LogP contribution in [0.4, 0.5) is 0 Å². The zero-order chi connectivity index (χ0) is 14.2. The summed E-state index contributed by atoms with van der Waals surface area (Å²) in [6.07, 6.45) is 0.500. The Hall–Kier alpha value is 0.440. The van der Waals surface area contributed by atoms with Gasteiger partial charge in [0.05, 0.1) is 22.5 Å². The van der Waals surface area contributed by atoms with Crippen LogP contribution in [-0.4, -0.2) is 57.6 Å². The number of hydrogen-bond acceptors (Lipinski definition) is 5. The van der Waals surface area contributed by atoms with Crippen LogP contribution in [0.2, 0.25) is 0 Å². The molecule has 2 N–H and O–H groups in total. The molecular weight excluding hydrogens is 321 g/mol. The maximum absolute atomic E-state index is 11.7. The molecule has 0 amide bonds. The van der Waals surface area contributed by atoms with E-state index in [1.165, 1.54) is 0 Å². The zero-order valence-corrected chi connectivity index (χ0v) is 13.2. The van der Waals surface area contributed by atoms with E-state index in [2.05, 4.69) is 0 Å². The zero-order valence-electron chi connectivity index (χ0n) is 10.0. The van der Waals surface area contributed by atoms with Gasteiger partial charge >= 0.3 is 0 Å². The first-order valence-corrected chi connectivity index (χ1v) is 10.1. The topological polar surface area (TPSA) is 94.3 Å². The summed E-state index contributed by atoms with van der Waals surface area (Å²) in [4.78, 5) is 0. The Labute approximate surface area is 119 Å². The molecule has 0 aliphatic heterocycles. The van der Waals surface area contributed by atoms with E-state index in [-0.39, 0.29) is 48.4 Å². The van der Waals surface area contributed by atoms with E-state index >= 15 is 0 Å². The molecule has 0 radical (unpaired) electrons. The first-order chi connectivity index (χ1) is 8.29. The van der Waals surface area contributed by atoms with E-state index in [0.29, 0.717) is 0 Å². The molecule has 0 saturated carbocycles. The fourth-order valence-electron chi connectivity index (χ4n) is 1.47. The highest BCUT2D eigenvalue weighted by Gasteiger charge is 2.23. The van der Waals surface area contributed by atoms with Crippen molar-refractivity contribution in [1.29, 1.82) is 0 Å². The van der Waals surface area contributed by atoms with Gasteiger partial charge in [0.2, 0.25) is 0 Å². The molecule has 0 bridgehead atoms. The lowest BCUT2D eigenvalue weighted by Gasteiger charge is -2.14. The van der Waals surface area contributed by atoms with Crippen molar-refractivity contribution in [2.45, 2.75) is 18.1 Å². The second-order valence-corrected chi connectivity index (χ2v) is 9.36. The van der Waals surface area contributed by atoms with Crippen LogP contribution in [0.15, 0.2) is 0 Å². The van der Waals surface area contributed by atoms with Crippen LogP contribution >= 0.6 is 23.2 Å². The molecule has 1 unspecified atom stereocenters. The Kier molecular flexibility index (Phi) is 8.79. The van der Waals surface area contributed by atoms with E-state index in [0.717, 1.165) is 0 Å². The van der Waals surface area contributed by atoms with Gasteiger partial charge in [-0.1, -0.05) is 0 Å². The standard InChI is InChI=1S/C9H19Cl2NO4S2/c10-3-6-17(13,14)5-1-2-9(8-12)18(15,16)7-4-11/h9H,1-8,12H2. The molecule has 0 rings (SSSR count). The van der Waals surface area contributed by atoms with Gasteiger partial charge in [-0.15, -0.1) is 23.2 Å². The Morgan fingerprint density at radius 1 is 0.944 bits per heavy atom. The molecular formula is C9H19Cl2NO4S2. The summed E-state index contributed by atoms with van der Waals surface area (Å²) in [7, 11) is -6.52. The molecule has 110 valence electrons. The number of rotatable bonds is 10. The molecule has 0 aromatic carbocycles. The van der Waals surface area contributed by atoms with Gasteiger partial charge in [0.25, 0.3) is 0 Å². The fraction of sp³-hybridized carbons (Fsp3) is 1.00. The average molecular weight is 340 g/mol. The van der Waals surface area contributed by atoms with E-state index < -0.39 is 24.9 Å². The maximum atomic E-state index is 11.7. The normalized spacial score (nSPS) is 14.6. The number of hydrogen-bond donors (Lipinski definition) is 1. The van der Waals surface area contributed by atoms with Crippen molar-refractivity contribution in [2.24, 2.45) is 5.73 Å². The lowest BCUT2D eigenvalue weighted by molar-refractivity contribution is 0.566. The summed E-state index contributed by atoms with van der Waals surface area (Å²) in [5.74, 6) is -0.218. The molecule has 0 aromatic heterocycles. The number of halogens is 2. The summed E-state index contributed by atoms with van der Waals surface area (Å²) in [5, 5.41) is -0.720. The third-order valence-corrected chi connectivity index (χ3v) is 7.28. The van der Waals surface area contributed by atoms with Crippen LogP contribution < -0.4 is 5.73 Å². The molecule has 9 heteroatoms. The summed E-state index contributed by atoms with van der Waals surface area (Å²) in [6.45, 7) is -0.0191. The van der Waals surface area contributed by atoms with Crippen molar-refractivity contribution in [3.05, 3.63) is 0 Å². The van der Waals surface area contributed by atoms with Gasteiger partial charge in [-0.2, -0.15) is 0 Å². The molecule has 0 aliphatic carbocycles. The minimum atomic E-state index is -3.33. The predicted molar refractivity (Wildman–Crippen MR) is 76.0 cm³/mol. The van der Waals surface area contributed by atoms with Crippen molar-refractivity contribution < 1.29 is 16.8 Å². The molecule has 1 atom stereocenters. The third-order valence-electron chi connectivity index (χ3n) is 2.50. The molecule has 0 fully saturated rings. The molecule has 0 heterocycles. The van der Waals surface area contributed by atoms with Crippen molar-refractivity contribution in [1.82, 2.24) is 0 Å². The lowest BCUT2D eigenvalue weighted by atomic mass is 10.2. The SMILES string of the molecule is NCC(CCCS(=O)(=O)CCCl)S(=O)(=O)CCCl. The number of nitrogens with two attached hydrogens (primary N) is 1. The first kappa shape index (κ1) is 18.4. The fourth-order valence-corrected chi connectivity index (χ4v) is 5.23. The Morgan fingerprint density at radius 2 is 1.50 bits per heavy atom. The highest BCUT2D eigenvalue weighted by Crippen LogP contribution is 2.11. The van der Waals surface area contributed by atoms with Gasteiger partial charge < -0.3 is 5.73 Å². The van der Waals surface area contributed by atoms with Crippen molar-refractivity contribution >= 4 is 42.9 Å². The summed E-state index contributed by atoms with van der Waals surface area (Å²) < 4.78 is 46.2. The summed E-state index contributed by atoms with van der Waals surface area (Å²) in [6, 6.07) is 0. The van der Waals surface area contributed by atoms with Gasteiger partial charge in [0, 0.05) is 18.3 Å². The third kappa shape index (κ3) is 7.13. The average Bonchev–Trinajstić information content (AvgIpc) is 2.23. The molecule has 18 heavy (non-hydrogen) atoms. The van der Waals surface area contributed by atoms with Gasteiger partial charge in [0.15, 0.2) is 19.7 Å². The minimum Gasteiger partial charge on any atom is -0.329 e. The predicted octanol–water partition coefficient (Wildman–Crippen LogP) is 0.401. The van der Waals surface area contributed by atoms with Crippen LogP contribution in [0, 0.1) is 0 Å². The van der Waals surface area contributed by atoms with Crippen LogP contribution in [-0.2, 0) is 19.7 Å². The maximum Gasteiger partial charge on any atom is 0.155 e. The van der Waals surface area contributed by atoms with E-state index in [1.807, 2.05) is 0 Å². The van der Waals surface area contributed by atoms with Crippen LogP contribution in [0.3, 0.4) is 0 Å². The van der Waals surface area contributed by atoms with Crippen molar-refractivity contribution in [3.63, 3.8) is 0 Å². The molecule has 0 spiro atoms. The van der Waals surface area contributed by atoms with Gasteiger partial charge in [-0.05, 0) is 12.8 Å². The molecule has 0 saturated heterocycles. The molecule has 0 aromatic rings. The quantitative estimate of drug-likeness (QED) is 0.581. The minimum absolute atomic E-state index is 0.0172. The van der Waals surface area contributed by atoms with E-state index in [1.54, 1.807) is 0 Å². The Morgan fingerprint density at radius 3 is 1.94 bits per heavy atom. The second kappa shape index (κ2) is 8.58. The van der Waals surface area contributed by atoms with E-state index in [9.17, 15) is 16.8 Å². The number of sulfone groups is 2. The number of alkyl halides is 2. The Bertz CT molecular complexity index is 422. The van der Waals surface area contributed by atoms with Crippen molar-refractivity contribution in [2.75, 3.05) is 35.6 Å².